The molecule has 0 spiro atoms. The first kappa shape index (κ1) is 14.0. The van der Waals surface area contributed by atoms with Crippen LogP contribution in [0.4, 0.5) is 10.1 Å². The lowest BCUT2D eigenvalue weighted by Crippen LogP contribution is -2.14. The Morgan fingerprint density at radius 1 is 1.20 bits per heavy atom. The van der Waals surface area contributed by atoms with E-state index in [0.717, 1.165) is 6.07 Å². The molecule has 0 saturated carbocycles. The molecule has 0 aliphatic heterocycles. The molecular formula is C14H11FN2O2S. The number of halogens is 1. The molecule has 0 amide bonds. The Hall–Kier alpha value is -2.39. The van der Waals surface area contributed by atoms with E-state index >= 15 is 0 Å². The molecule has 6 heteroatoms. The van der Waals surface area contributed by atoms with Crippen LogP contribution >= 0.6 is 0 Å². The van der Waals surface area contributed by atoms with Crippen molar-refractivity contribution in [1.82, 2.24) is 0 Å². The second-order valence-electron chi connectivity index (χ2n) is 4.23. The normalized spacial score (nSPS) is 10.8. The maximum atomic E-state index is 13.6. The minimum Gasteiger partial charge on any atom is -0.279 e. The molecule has 4 nitrogen and oxygen atoms in total. The van der Waals surface area contributed by atoms with Crippen molar-refractivity contribution in [2.75, 3.05) is 4.72 Å². The van der Waals surface area contributed by atoms with Crippen LogP contribution < -0.4 is 4.72 Å². The van der Waals surface area contributed by atoms with Gasteiger partial charge in [0, 0.05) is 0 Å². The number of hydrogen-bond donors (Lipinski definition) is 1. The molecule has 0 aliphatic carbocycles. The Morgan fingerprint density at radius 3 is 2.65 bits per heavy atom. The van der Waals surface area contributed by atoms with E-state index in [1.54, 1.807) is 19.1 Å². The molecule has 2 aromatic carbocycles. The van der Waals surface area contributed by atoms with Crippen molar-refractivity contribution in [3.8, 4) is 6.07 Å². The molecule has 0 unspecified atom stereocenters. The van der Waals surface area contributed by atoms with Crippen LogP contribution in [0.3, 0.4) is 0 Å². The minimum absolute atomic E-state index is 0.213. The van der Waals surface area contributed by atoms with Gasteiger partial charge in [0.15, 0.2) is 0 Å². The lowest BCUT2D eigenvalue weighted by Gasteiger charge is -2.09. The predicted octanol–water partition coefficient (Wildman–Crippen LogP) is 2.81. The maximum absolute atomic E-state index is 13.6. The van der Waals surface area contributed by atoms with Crippen molar-refractivity contribution < 1.29 is 12.8 Å². The van der Waals surface area contributed by atoms with Gasteiger partial charge in [-0.25, -0.2) is 12.8 Å². The molecule has 102 valence electrons. The summed E-state index contributed by atoms with van der Waals surface area (Å²) in [4.78, 5) is -0.417. The molecule has 0 atom stereocenters. The molecule has 0 fully saturated rings. The highest BCUT2D eigenvalue weighted by Crippen LogP contribution is 2.20. The fourth-order valence-corrected chi connectivity index (χ4v) is 2.89. The Kier molecular flexibility index (Phi) is 3.72. The van der Waals surface area contributed by atoms with Crippen molar-refractivity contribution in [2.45, 2.75) is 11.8 Å². The molecular weight excluding hydrogens is 279 g/mol. The maximum Gasteiger partial charge on any atom is 0.264 e. The summed E-state index contributed by atoms with van der Waals surface area (Å²) in [7, 11) is -4.03. The number of sulfonamides is 1. The van der Waals surface area contributed by atoms with Crippen LogP contribution in [-0.2, 0) is 10.0 Å². The topological polar surface area (TPSA) is 70.0 Å². The molecule has 2 aromatic rings. The van der Waals surface area contributed by atoms with E-state index in [1.165, 1.54) is 24.3 Å². The number of nitrogens with one attached hydrogen (secondary N) is 1. The minimum atomic E-state index is -4.03. The smallest absolute Gasteiger partial charge is 0.264 e. The highest BCUT2D eigenvalue weighted by Gasteiger charge is 2.19. The van der Waals surface area contributed by atoms with Gasteiger partial charge < -0.3 is 0 Å². The summed E-state index contributed by atoms with van der Waals surface area (Å²) in [6.45, 7) is 1.68. The molecule has 1 N–H and O–H groups in total. The molecule has 0 aromatic heterocycles. The zero-order valence-electron chi connectivity index (χ0n) is 10.6. The third-order valence-corrected chi connectivity index (χ3v) is 4.02. The first-order valence-electron chi connectivity index (χ1n) is 5.71. The highest BCUT2D eigenvalue weighted by atomic mass is 32.2. The third-order valence-electron chi connectivity index (χ3n) is 2.62. The molecule has 20 heavy (non-hydrogen) atoms. The van der Waals surface area contributed by atoms with Gasteiger partial charge in [0.2, 0.25) is 0 Å². The predicted molar refractivity (Wildman–Crippen MR) is 73.1 cm³/mol. The molecule has 0 bridgehead atoms. The number of nitriles is 1. The summed E-state index contributed by atoms with van der Waals surface area (Å²) < 4.78 is 40.2. The second-order valence-corrected chi connectivity index (χ2v) is 5.88. The fraction of sp³-hybridized carbons (Fsp3) is 0.0714. The Balaban J connectivity index is 2.41. The van der Waals surface area contributed by atoms with Gasteiger partial charge in [0.1, 0.15) is 10.7 Å². The van der Waals surface area contributed by atoms with Gasteiger partial charge in [-0.05, 0) is 42.8 Å². The summed E-state index contributed by atoms with van der Waals surface area (Å²) >= 11 is 0. The number of nitrogens with zero attached hydrogens (tertiary/aromatic N) is 1. The second kappa shape index (κ2) is 5.31. The number of anilines is 1. The lowest BCUT2D eigenvalue weighted by atomic mass is 10.2. The zero-order valence-corrected chi connectivity index (χ0v) is 11.4. The average molecular weight is 290 g/mol. The number of benzene rings is 2. The van der Waals surface area contributed by atoms with Crippen LogP contribution in [0.1, 0.15) is 11.1 Å². The van der Waals surface area contributed by atoms with E-state index < -0.39 is 20.7 Å². The zero-order chi connectivity index (χ0) is 14.8. The summed E-state index contributed by atoms with van der Waals surface area (Å²) in [5.74, 6) is -0.820. The van der Waals surface area contributed by atoms with Crippen LogP contribution in [0.5, 0.6) is 0 Å². The first-order valence-corrected chi connectivity index (χ1v) is 7.20. The Bertz CT molecular complexity index is 795. The number of rotatable bonds is 3. The highest BCUT2D eigenvalue weighted by molar-refractivity contribution is 7.92. The van der Waals surface area contributed by atoms with Gasteiger partial charge >= 0.3 is 0 Å². The van der Waals surface area contributed by atoms with Crippen molar-refractivity contribution in [2.24, 2.45) is 0 Å². The van der Waals surface area contributed by atoms with Crippen molar-refractivity contribution in [1.29, 1.82) is 5.26 Å². The van der Waals surface area contributed by atoms with Gasteiger partial charge in [-0.1, -0.05) is 12.1 Å². The Labute approximate surface area is 116 Å². The van der Waals surface area contributed by atoms with E-state index in [2.05, 4.69) is 4.72 Å². The van der Waals surface area contributed by atoms with E-state index in [1.807, 2.05) is 6.07 Å². The van der Waals surface area contributed by atoms with Gasteiger partial charge in [0.05, 0.1) is 17.3 Å². The molecule has 0 heterocycles. The Morgan fingerprint density at radius 2 is 1.95 bits per heavy atom. The molecule has 0 radical (unpaired) electrons. The quantitative estimate of drug-likeness (QED) is 0.945. The monoisotopic (exact) mass is 290 g/mol. The summed E-state index contributed by atoms with van der Waals surface area (Å²) in [6, 6.07) is 11.7. The van der Waals surface area contributed by atoms with Crippen LogP contribution in [-0.4, -0.2) is 8.42 Å². The lowest BCUT2D eigenvalue weighted by molar-refractivity contribution is 0.570. The van der Waals surface area contributed by atoms with E-state index in [-0.39, 0.29) is 5.69 Å². The van der Waals surface area contributed by atoms with Crippen LogP contribution in [0.15, 0.2) is 47.4 Å². The van der Waals surface area contributed by atoms with Gasteiger partial charge in [-0.3, -0.25) is 4.72 Å². The molecule has 0 aliphatic rings. The number of aryl methyl sites for hydroxylation is 1. The van der Waals surface area contributed by atoms with E-state index in [4.69, 9.17) is 5.26 Å². The summed E-state index contributed by atoms with van der Waals surface area (Å²) in [5, 5.41) is 8.77. The van der Waals surface area contributed by atoms with Gasteiger partial charge in [-0.2, -0.15) is 5.26 Å². The van der Waals surface area contributed by atoms with Crippen molar-refractivity contribution >= 4 is 15.7 Å². The summed E-state index contributed by atoms with van der Waals surface area (Å²) in [5.41, 5.74) is 1.16. The van der Waals surface area contributed by atoms with Crippen LogP contribution in [0.25, 0.3) is 0 Å². The summed E-state index contributed by atoms with van der Waals surface area (Å²) in [6.07, 6.45) is 0. The van der Waals surface area contributed by atoms with Gasteiger partial charge in [-0.15, -0.1) is 0 Å². The van der Waals surface area contributed by atoms with Crippen molar-refractivity contribution in [3.63, 3.8) is 0 Å². The van der Waals surface area contributed by atoms with Crippen molar-refractivity contribution in [3.05, 3.63) is 59.4 Å². The standard InChI is InChI=1S/C14H11FN2O2S/c1-10-5-6-13(15)14(7-10)20(18,19)17-12-4-2-3-11(8-12)9-16/h2-8,17H,1H3. The largest absolute Gasteiger partial charge is 0.279 e. The van der Waals surface area contributed by atoms with Gasteiger partial charge in [0.25, 0.3) is 10.0 Å². The molecule has 0 saturated heterocycles. The fourth-order valence-electron chi connectivity index (χ4n) is 1.68. The molecule has 2 rings (SSSR count). The average Bonchev–Trinajstić information content (AvgIpc) is 2.41. The first-order chi connectivity index (χ1) is 9.42. The van der Waals surface area contributed by atoms with Crippen LogP contribution in [0.2, 0.25) is 0 Å². The van der Waals surface area contributed by atoms with E-state index in [9.17, 15) is 12.8 Å². The number of hydrogen-bond acceptors (Lipinski definition) is 3. The van der Waals surface area contributed by atoms with Crippen LogP contribution in [0, 0.1) is 24.1 Å². The third kappa shape index (κ3) is 2.95. The SMILES string of the molecule is Cc1ccc(F)c(S(=O)(=O)Nc2cccc(C#N)c2)c1. The van der Waals surface area contributed by atoms with E-state index in [0.29, 0.717) is 11.1 Å².